The molecule has 7 nitrogen and oxygen atoms in total. The van der Waals surface area contributed by atoms with Crippen LogP contribution in [0.4, 0.5) is 0 Å². The maximum Gasteiger partial charge on any atom is 0.336 e. The summed E-state index contributed by atoms with van der Waals surface area (Å²) in [5.41, 5.74) is 1.69. The number of imidazole rings is 1. The van der Waals surface area contributed by atoms with Gasteiger partial charge < -0.3 is 14.7 Å². The summed E-state index contributed by atoms with van der Waals surface area (Å²) in [6, 6.07) is 4.73. The number of rotatable bonds is 3. The summed E-state index contributed by atoms with van der Waals surface area (Å²) < 4.78 is 1.65. The van der Waals surface area contributed by atoms with Gasteiger partial charge in [-0.15, -0.1) is 0 Å². The molecular formula is C13H10ClN5O2. The number of halogens is 1. The maximum absolute atomic E-state index is 11.3. The number of benzene rings is 1. The van der Waals surface area contributed by atoms with Crippen LogP contribution in [0.15, 0.2) is 30.9 Å². The highest BCUT2D eigenvalue weighted by Crippen LogP contribution is 2.22. The predicted octanol–water partition coefficient (Wildman–Crippen LogP) is 1.64. The second-order valence-electron chi connectivity index (χ2n) is 4.39. The van der Waals surface area contributed by atoms with E-state index in [1.54, 1.807) is 16.7 Å². The lowest BCUT2D eigenvalue weighted by Crippen LogP contribution is -2.15. The van der Waals surface area contributed by atoms with Gasteiger partial charge in [-0.05, 0) is 12.1 Å². The number of fused-ring (bicyclic) bond motifs is 1. The van der Waals surface area contributed by atoms with E-state index in [0.717, 1.165) is 0 Å². The van der Waals surface area contributed by atoms with Crippen LogP contribution in [0.5, 0.6) is 0 Å². The van der Waals surface area contributed by atoms with Gasteiger partial charge in [0.15, 0.2) is 11.1 Å². The number of aromatic amines is 1. The normalized spacial score (nSPS) is 10.9. The lowest BCUT2D eigenvalue weighted by atomic mass is 10.1. The molecule has 0 bridgehead atoms. The SMILES string of the molecule is N=c1ncn(Cc2c(Cl)cccc2C(=O)O)c2nc[nH]c12. The van der Waals surface area contributed by atoms with Crippen molar-refractivity contribution < 1.29 is 9.90 Å². The second kappa shape index (κ2) is 5.02. The van der Waals surface area contributed by atoms with Crippen molar-refractivity contribution in [3.63, 3.8) is 0 Å². The van der Waals surface area contributed by atoms with E-state index in [9.17, 15) is 9.90 Å². The molecule has 0 aliphatic rings. The Labute approximate surface area is 123 Å². The second-order valence-corrected chi connectivity index (χ2v) is 4.80. The van der Waals surface area contributed by atoms with Crippen molar-refractivity contribution in [2.75, 3.05) is 0 Å². The lowest BCUT2D eigenvalue weighted by Gasteiger charge is -2.11. The van der Waals surface area contributed by atoms with Crippen LogP contribution in [0.25, 0.3) is 11.2 Å². The van der Waals surface area contributed by atoms with Gasteiger partial charge >= 0.3 is 5.97 Å². The molecule has 0 aliphatic heterocycles. The molecule has 21 heavy (non-hydrogen) atoms. The highest BCUT2D eigenvalue weighted by Gasteiger charge is 2.15. The Bertz CT molecular complexity index is 899. The minimum absolute atomic E-state index is 0.0800. The van der Waals surface area contributed by atoms with Crippen molar-refractivity contribution in [1.29, 1.82) is 5.41 Å². The molecule has 0 saturated heterocycles. The zero-order valence-electron chi connectivity index (χ0n) is 10.7. The van der Waals surface area contributed by atoms with E-state index in [1.165, 1.54) is 18.7 Å². The first kappa shape index (κ1) is 13.3. The van der Waals surface area contributed by atoms with Crippen LogP contribution < -0.4 is 5.49 Å². The van der Waals surface area contributed by atoms with Crippen LogP contribution in [0, 0.1) is 5.41 Å². The van der Waals surface area contributed by atoms with Crippen LogP contribution in [0.2, 0.25) is 5.02 Å². The quantitative estimate of drug-likeness (QED) is 0.683. The molecule has 0 atom stereocenters. The van der Waals surface area contributed by atoms with Gasteiger partial charge in [0.05, 0.1) is 24.8 Å². The van der Waals surface area contributed by atoms with Gasteiger partial charge in [0, 0.05) is 10.6 Å². The van der Waals surface area contributed by atoms with Crippen LogP contribution in [-0.4, -0.2) is 30.6 Å². The fourth-order valence-electron chi connectivity index (χ4n) is 2.13. The highest BCUT2D eigenvalue weighted by atomic mass is 35.5. The summed E-state index contributed by atoms with van der Waals surface area (Å²) in [6.07, 6.45) is 2.91. The molecule has 2 aromatic heterocycles. The number of nitrogens with one attached hydrogen (secondary N) is 2. The standard InChI is InChI=1S/C13H10ClN5O2/c14-9-3-1-2-7(13(20)21)8(9)4-19-6-18-11(15)10-12(19)17-5-16-10/h1-3,5-6,15H,4H2,(H,16,17)(H,20,21). The number of aromatic nitrogens is 4. The number of hydrogen-bond acceptors (Lipinski definition) is 4. The number of H-pyrrole nitrogens is 1. The predicted molar refractivity (Wildman–Crippen MR) is 75.2 cm³/mol. The smallest absolute Gasteiger partial charge is 0.336 e. The van der Waals surface area contributed by atoms with E-state index in [-0.39, 0.29) is 17.6 Å². The number of hydrogen-bond donors (Lipinski definition) is 3. The van der Waals surface area contributed by atoms with Gasteiger partial charge in [-0.3, -0.25) is 5.41 Å². The van der Waals surface area contributed by atoms with E-state index in [4.69, 9.17) is 17.0 Å². The van der Waals surface area contributed by atoms with Crippen molar-refractivity contribution in [2.45, 2.75) is 6.54 Å². The minimum Gasteiger partial charge on any atom is -0.478 e. The van der Waals surface area contributed by atoms with Crippen LogP contribution in [0.1, 0.15) is 15.9 Å². The van der Waals surface area contributed by atoms with Gasteiger partial charge in [0.1, 0.15) is 5.52 Å². The molecule has 0 aliphatic carbocycles. The monoisotopic (exact) mass is 303 g/mol. The summed E-state index contributed by atoms with van der Waals surface area (Å²) >= 11 is 6.12. The van der Waals surface area contributed by atoms with Gasteiger partial charge in [0.2, 0.25) is 0 Å². The molecule has 3 aromatic rings. The number of carboxylic acids is 1. The molecule has 0 radical (unpaired) electrons. The lowest BCUT2D eigenvalue weighted by molar-refractivity contribution is 0.0695. The third-order valence-corrected chi connectivity index (χ3v) is 3.49. The molecule has 8 heteroatoms. The van der Waals surface area contributed by atoms with E-state index in [2.05, 4.69) is 15.0 Å². The summed E-state index contributed by atoms with van der Waals surface area (Å²) in [5.74, 6) is -1.04. The fraction of sp³-hybridized carbons (Fsp3) is 0.0769. The molecule has 3 rings (SSSR count). The van der Waals surface area contributed by atoms with Crippen molar-refractivity contribution >= 4 is 28.7 Å². The summed E-state index contributed by atoms with van der Waals surface area (Å²) in [6.45, 7) is 0.204. The average molecular weight is 304 g/mol. The van der Waals surface area contributed by atoms with Crippen LogP contribution >= 0.6 is 11.6 Å². The van der Waals surface area contributed by atoms with Crippen molar-refractivity contribution in [1.82, 2.24) is 19.5 Å². The molecule has 0 saturated carbocycles. The Morgan fingerprint density at radius 2 is 2.24 bits per heavy atom. The Kier molecular flexibility index (Phi) is 3.19. The number of carbonyl (C=O) groups is 1. The van der Waals surface area contributed by atoms with Crippen LogP contribution in [0.3, 0.4) is 0 Å². The summed E-state index contributed by atoms with van der Waals surface area (Å²) in [5, 5.41) is 17.3. The van der Waals surface area contributed by atoms with Gasteiger partial charge in [-0.25, -0.2) is 14.8 Å². The molecular weight excluding hydrogens is 294 g/mol. The van der Waals surface area contributed by atoms with Crippen molar-refractivity contribution in [3.05, 3.63) is 52.5 Å². The van der Waals surface area contributed by atoms with Crippen molar-refractivity contribution in [3.8, 4) is 0 Å². The molecule has 0 unspecified atom stereocenters. The minimum atomic E-state index is -1.04. The average Bonchev–Trinajstić information content (AvgIpc) is 2.94. The zero-order valence-corrected chi connectivity index (χ0v) is 11.4. The number of carboxylic acid groups (broad SMARTS) is 1. The third kappa shape index (κ3) is 2.27. The first-order valence-electron chi connectivity index (χ1n) is 6.01. The van der Waals surface area contributed by atoms with Gasteiger partial charge in [0.25, 0.3) is 0 Å². The van der Waals surface area contributed by atoms with Crippen LogP contribution in [-0.2, 0) is 6.54 Å². The molecule has 3 N–H and O–H groups in total. The topological polar surface area (TPSA) is 108 Å². The maximum atomic E-state index is 11.3. The first-order chi connectivity index (χ1) is 10.1. The van der Waals surface area contributed by atoms with Gasteiger partial charge in [-0.1, -0.05) is 17.7 Å². The van der Waals surface area contributed by atoms with E-state index in [1.807, 2.05) is 0 Å². The fourth-order valence-corrected chi connectivity index (χ4v) is 2.37. The Balaban J connectivity index is 2.16. The molecule has 0 spiro atoms. The molecule has 106 valence electrons. The summed E-state index contributed by atoms with van der Waals surface area (Å²) in [4.78, 5) is 22.2. The number of aromatic carboxylic acids is 1. The van der Waals surface area contributed by atoms with E-state index in [0.29, 0.717) is 21.7 Å². The van der Waals surface area contributed by atoms with Gasteiger partial charge in [-0.2, -0.15) is 0 Å². The number of nitrogens with zero attached hydrogens (tertiary/aromatic N) is 3. The Morgan fingerprint density at radius 3 is 3.00 bits per heavy atom. The third-order valence-electron chi connectivity index (χ3n) is 3.13. The zero-order chi connectivity index (χ0) is 15.0. The van der Waals surface area contributed by atoms with E-state index >= 15 is 0 Å². The highest BCUT2D eigenvalue weighted by molar-refractivity contribution is 6.31. The molecule has 0 fully saturated rings. The molecule has 0 amide bonds. The Hall–Kier alpha value is -2.67. The van der Waals surface area contributed by atoms with E-state index < -0.39 is 5.97 Å². The largest absolute Gasteiger partial charge is 0.478 e. The first-order valence-corrected chi connectivity index (χ1v) is 6.39. The summed E-state index contributed by atoms with van der Waals surface area (Å²) in [7, 11) is 0. The van der Waals surface area contributed by atoms with Crippen molar-refractivity contribution in [2.24, 2.45) is 0 Å². The molecule has 2 heterocycles. The Morgan fingerprint density at radius 1 is 1.43 bits per heavy atom. The molecule has 1 aromatic carbocycles.